The predicted octanol–water partition coefficient (Wildman–Crippen LogP) is 4.33. The summed E-state index contributed by atoms with van der Waals surface area (Å²) in [7, 11) is 1.63. The Morgan fingerprint density at radius 3 is 2.50 bits per heavy atom. The van der Waals surface area contributed by atoms with E-state index in [9.17, 15) is 4.79 Å². The molecule has 0 radical (unpaired) electrons. The van der Waals surface area contributed by atoms with Crippen molar-refractivity contribution in [1.29, 1.82) is 0 Å². The van der Waals surface area contributed by atoms with Crippen LogP contribution in [-0.4, -0.2) is 39.6 Å². The summed E-state index contributed by atoms with van der Waals surface area (Å²) in [6, 6.07) is 15.1. The van der Waals surface area contributed by atoms with Crippen molar-refractivity contribution in [2.75, 3.05) is 18.2 Å². The number of nitrogens with one attached hydrogen (secondary N) is 1. The molecule has 1 N–H and O–H groups in total. The lowest BCUT2D eigenvalue weighted by Gasteiger charge is -2.13. The summed E-state index contributed by atoms with van der Waals surface area (Å²) in [5, 5.41) is 11.7. The fourth-order valence-corrected chi connectivity index (χ4v) is 4.11. The van der Waals surface area contributed by atoms with E-state index in [-0.39, 0.29) is 11.7 Å². The maximum absolute atomic E-state index is 12.4. The van der Waals surface area contributed by atoms with Gasteiger partial charge in [-0.3, -0.25) is 9.36 Å². The van der Waals surface area contributed by atoms with Crippen LogP contribution in [-0.2, 0) is 4.79 Å². The topological polar surface area (TPSA) is 78.3 Å². The summed E-state index contributed by atoms with van der Waals surface area (Å²) in [6.45, 7) is 0. The number of thioether (sulfide) groups is 1. The van der Waals surface area contributed by atoms with Gasteiger partial charge in [0.2, 0.25) is 5.91 Å². The molecule has 156 valence electrons. The average molecular weight is 425 g/mol. The van der Waals surface area contributed by atoms with Crippen LogP contribution in [0.25, 0.3) is 5.69 Å². The Bertz CT molecular complexity index is 967. The highest BCUT2D eigenvalue weighted by atomic mass is 32.2. The summed E-state index contributed by atoms with van der Waals surface area (Å²) in [6.07, 6.45) is 6.68. The molecule has 1 aromatic heterocycles. The highest BCUT2D eigenvalue weighted by molar-refractivity contribution is 7.99. The molecule has 0 aliphatic heterocycles. The second-order valence-electron chi connectivity index (χ2n) is 7.07. The summed E-state index contributed by atoms with van der Waals surface area (Å²) >= 11 is 1.33. The molecular weight excluding hydrogens is 400 g/mol. The number of carbonyl (C=O) groups excluding carboxylic acids is 1. The molecule has 1 aliphatic carbocycles. The third-order valence-corrected chi connectivity index (χ3v) is 5.89. The molecular formula is C22H24N4O3S. The van der Waals surface area contributed by atoms with Gasteiger partial charge in [0.1, 0.15) is 17.8 Å². The van der Waals surface area contributed by atoms with E-state index >= 15 is 0 Å². The van der Waals surface area contributed by atoms with Crippen molar-refractivity contribution in [1.82, 2.24) is 14.8 Å². The van der Waals surface area contributed by atoms with Crippen LogP contribution < -0.4 is 14.8 Å². The molecule has 1 aliphatic rings. The number of benzene rings is 2. The number of ether oxygens (including phenoxy) is 2. The molecule has 1 heterocycles. The maximum Gasteiger partial charge on any atom is 0.234 e. The Hall–Kier alpha value is -3.00. The minimum absolute atomic E-state index is 0.103. The van der Waals surface area contributed by atoms with Gasteiger partial charge in [-0.2, -0.15) is 0 Å². The monoisotopic (exact) mass is 424 g/mol. The first kappa shape index (κ1) is 20.3. The van der Waals surface area contributed by atoms with Crippen molar-refractivity contribution in [3.63, 3.8) is 0 Å². The number of hydrogen-bond donors (Lipinski definition) is 1. The first-order valence-electron chi connectivity index (χ1n) is 9.95. The van der Waals surface area contributed by atoms with Gasteiger partial charge in [-0.25, -0.2) is 0 Å². The van der Waals surface area contributed by atoms with E-state index in [0.29, 0.717) is 11.3 Å². The van der Waals surface area contributed by atoms with Crippen LogP contribution >= 0.6 is 11.8 Å². The first-order valence-corrected chi connectivity index (χ1v) is 10.9. The first-order chi connectivity index (χ1) is 14.7. The number of aromatic nitrogens is 3. The van der Waals surface area contributed by atoms with Crippen molar-refractivity contribution < 1.29 is 14.3 Å². The SMILES string of the molecule is COc1ccc(-n2cnnc2SCC(=O)Nc2ccc(OC3CCCC3)cc2)cc1. The summed E-state index contributed by atoms with van der Waals surface area (Å²) in [4.78, 5) is 12.4. The van der Waals surface area contributed by atoms with Crippen LogP contribution in [0.1, 0.15) is 25.7 Å². The highest BCUT2D eigenvalue weighted by Gasteiger charge is 2.16. The molecule has 8 heteroatoms. The molecule has 0 saturated heterocycles. The van der Waals surface area contributed by atoms with Gasteiger partial charge in [-0.1, -0.05) is 11.8 Å². The Morgan fingerprint density at radius 1 is 1.10 bits per heavy atom. The fourth-order valence-electron chi connectivity index (χ4n) is 3.39. The predicted molar refractivity (Wildman–Crippen MR) is 117 cm³/mol. The molecule has 3 aromatic rings. The van der Waals surface area contributed by atoms with E-state index in [1.807, 2.05) is 53.1 Å². The Labute approximate surface area is 179 Å². The summed E-state index contributed by atoms with van der Waals surface area (Å²) in [5.41, 5.74) is 1.65. The van der Waals surface area contributed by atoms with Crippen LogP contribution in [0.15, 0.2) is 60.0 Å². The fraction of sp³-hybridized carbons (Fsp3) is 0.318. The van der Waals surface area contributed by atoms with Gasteiger partial charge in [0, 0.05) is 11.4 Å². The molecule has 0 bridgehead atoms. The average Bonchev–Trinajstić information content (AvgIpc) is 3.46. The molecule has 0 atom stereocenters. The van der Waals surface area contributed by atoms with E-state index in [0.717, 1.165) is 35.7 Å². The van der Waals surface area contributed by atoms with E-state index in [2.05, 4.69) is 15.5 Å². The van der Waals surface area contributed by atoms with Gasteiger partial charge >= 0.3 is 0 Å². The van der Waals surface area contributed by atoms with Gasteiger partial charge in [0.15, 0.2) is 5.16 Å². The van der Waals surface area contributed by atoms with Gasteiger partial charge in [-0.15, -0.1) is 10.2 Å². The quantitative estimate of drug-likeness (QED) is 0.543. The Kier molecular flexibility index (Phi) is 6.53. The Morgan fingerprint density at radius 2 is 1.80 bits per heavy atom. The van der Waals surface area contributed by atoms with Crippen molar-refractivity contribution in [2.24, 2.45) is 0 Å². The van der Waals surface area contributed by atoms with Crippen LogP contribution in [0, 0.1) is 0 Å². The van der Waals surface area contributed by atoms with Gasteiger partial charge in [-0.05, 0) is 74.2 Å². The molecule has 2 aromatic carbocycles. The largest absolute Gasteiger partial charge is 0.497 e. The van der Waals surface area contributed by atoms with Crippen molar-refractivity contribution in [2.45, 2.75) is 36.9 Å². The normalized spacial score (nSPS) is 13.9. The third-order valence-electron chi connectivity index (χ3n) is 4.94. The molecule has 4 rings (SSSR count). The lowest BCUT2D eigenvalue weighted by atomic mass is 10.2. The number of anilines is 1. The summed E-state index contributed by atoms with van der Waals surface area (Å²) < 4.78 is 13.0. The van der Waals surface area contributed by atoms with E-state index < -0.39 is 0 Å². The van der Waals surface area contributed by atoms with Crippen molar-refractivity contribution in [3.05, 3.63) is 54.9 Å². The number of methoxy groups -OCH3 is 1. The van der Waals surface area contributed by atoms with Crippen molar-refractivity contribution in [3.8, 4) is 17.2 Å². The molecule has 1 fully saturated rings. The number of nitrogens with zero attached hydrogens (tertiary/aromatic N) is 3. The number of carbonyl (C=O) groups is 1. The second kappa shape index (κ2) is 9.67. The van der Waals surface area contributed by atoms with E-state index in [4.69, 9.17) is 9.47 Å². The zero-order valence-corrected chi connectivity index (χ0v) is 17.6. The molecule has 1 amide bonds. The Balaban J connectivity index is 1.30. The second-order valence-corrected chi connectivity index (χ2v) is 8.01. The molecule has 0 unspecified atom stereocenters. The molecule has 1 saturated carbocycles. The van der Waals surface area contributed by atoms with E-state index in [1.165, 1.54) is 24.6 Å². The smallest absolute Gasteiger partial charge is 0.234 e. The van der Waals surface area contributed by atoms with Crippen LogP contribution in [0.2, 0.25) is 0 Å². The number of hydrogen-bond acceptors (Lipinski definition) is 6. The highest BCUT2D eigenvalue weighted by Crippen LogP contribution is 2.25. The van der Waals surface area contributed by atoms with Crippen LogP contribution in [0.5, 0.6) is 11.5 Å². The standard InChI is InChI=1S/C22H24N4O3S/c1-28-18-12-8-17(9-13-18)26-15-23-25-22(26)30-14-21(27)24-16-6-10-20(11-7-16)29-19-4-2-3-5-19/h6-13,15,19H,2-5,14H2,1H3,(H,24,27). The van der Waals surface area contributed by atoms with Gasteiger partial charge in [0.25, 0.3) is 0 Å². The lowest BCUT2D eigenvalue weighted by Crippen LogP contribution is -2.14. The third kappa shape index (κ3) is 5.13. The van der Waals surface area contributed by atoms with Gasteiger partial charge < -0.3 is 14.8 Å². The number of rotatable bonds is 8. The zero-order valence-electron chi connectivity index (χ0n) is 16.8. The molecule has 0 spiro atoms. The molecule has 30 heavy (non-hydrogen) atoms. The van der Waals surface area contributed by atoms with Crippen LogP contribution in [0.4, 0.5) is 5.69 Å². The number of amides is 1. The minimum atomic E-state index is -0.103. The van der Waals surface area contributed by atoms with E-state index in [1.54, 1.807) is 13.4 Å². The maximum atomic E-state index is 12.4. The lowest BCUT2D eigenvalue weighted by molar-refractivity contribution is -0.113. The summed E-state index contributed by atoms with van der Waals surface area (Å²) in [5.74, 6) is 1.76. The molecule has 7 nitrogen and oxygen atoms in total. The van der Waals surface area contributed by atoms with Crippen molar-refractivity contribution >= 4 is 23.4 Å². The van der Waals surface area contributed by atoms with Gasteiger partial charge in [0.05, 0.1) is 19.0 Å². The zero-order chi connectivity index (χ0) is 20.8. The van der Waals surface area contributed by atoms with Crippen LogP contribution in [0.3, 0.4) is 0 Å². The minimum Gasteiger partial charge on any atom is -0.497 e.